The Kier molecular flexibility index (Phi) is 4.31. The summed E-state index contributed by atoms with van der Waals surface area (Å²) in [5.74, 6) is 4.26. The number of rotatable bonds is 4. The molecule has 0 saturated carbocycles. The molecule has 0 aliphatic carbocycles. The lowest BCUT2D eigenvalue weighted by Gasteiger charge is -2.28. The molecule has 3 rings (SSSR count). The number of fused-ring (bicyclic) bond motifs is 1. The number of aryl methyl sites for hydroxylation is 1. The van der Waals surface area contributed by atoms with Gasteiger partial charge in [-0.25, -0.2) is 4.98 Å². The molecule has 1 saturated heterocycles. The summed E-state index contributed by atoms with van der Waals surface area (Å²) >= 11 is 3.78. The zero-order valence-electron chi connectivity index (χ0n) is 12.0. The first-order valence-corrected chi connectivity index (χ1v) is 9.10. The van der Waals surface area contributed by atoms with Gasteiger partial charge >= 0.3 is 0 Å². The fourth-order valence-electron chi connectivity index (χ4n) is 2.36. The number of aromatic nitrogens is 2. The Hall–Kier alpha value is -1.01. The molecule has 0 aromatic carbocycles. The van der Waals surface area contributed by atoms with Gasteiger partial charge in [-0.1, -0.05) is 6.92 Å². The van der Waals surface area contributed by atoms with Crippen LogP contribution in [0.3, 0.4) is 0 Å². The highest BCUT2D eigenvalue weighted by atomic mass is 32.2. The molecule has 6 heteroatoms. The Morgan fingerprint density at radius 3 is 2.85 bits per heavy atom. The average molecular weight is 308 g/mol. The van der Waals surface area contributed by atoms with E-state index in [4.69, 9.17) is 4.98 Å². The lowest BCUT2D eigenvalue weighted by molar-refractivity contribution is 0.841. The molecular formula is C14H20N4S2. The second kappa shape index (κ2) is 6.18. The molecule has 3 heterocycles. The third kappa shape index (κ3) is 2.86. The van der Waals surface area contributed by atoms with Crippen LogP contribution >= 0.6 is 23.1 Å². The summed E-state index contributed by atoms with van der Waals surface area (Å²) in [5.41, 5.74) is 0. The van der Waals surface area contributed by atoms with Gasteiger partial charge in [0.1, 0.15) is 10.6 Å². The maximum absolute atomic E-state index is 4.78. The summed E-state index contributed by atoms with van der Waals surface area (Å²) in [4.78, 5) is 14.2. The Bertz CT molecular complexity index is 590. The predicted molar refractivity (Wildman–Crippen MR) is 90.5 cm³/mol. The van der Waals surface area contributed by atoms with Crippen LogP contribution in [-0.2, 0) is 0 Å². The van der Waals surface area contributed by atoms with E-state index in [-0.39, 0.29) is 0 Å². The van der Waals surface area contributed by atoms with Crippen molar-refractivity contribution in [3.63, 3.8) is 0 Å². The zero-order valence-corrected chi connectivity index (χ0v) is 13.6. The van der Waals surface area contributed by atoms with Crippen molar-refractivity contribution in [1.29, 1.82) is 0 Å². The Morgan fingerprint density at radius 1 is 1.30 bits per heavy atom. The molecule has 2 aromatic heterocycles. The van der Waals surface area contributed by atoms with E-state index in [1.165, 1.54) is 21.8 Å². The van der Waals surface area contributed by atoms with Crippen LogP contribution in [0.5, 0.6) is 0 Å². The molecule has 0 atom stereocenters. The first kappa shape index (κ1) is 13.9. The summed E-state index contributed by atoms with van der Waals surface area (Å²) in [6, 6.07) is 2.22. The van der Waals surface area contributed by atoms with Crippen LogP contribution in [0.25, 0.3) is 10.2 Å². The molecule has 0 amide bonds. The van der Waals surface area contributed by atoms with Crippen molar-refractivity contribution < 1.29 is 0 Å². The minimum atomic E-state index is 0.773. The lowest BCUT2D eigenvalue weighted by Crippen LogP contribution is -2.33. The average Bonchev–Trinajstić information content (AvgIpc) is 2.85. The van der Waals surface area contributed by atoms with Crippen molar-refractivity contribution in [2.75, 3.05) is 41.4 Å². The monoisotopic (exact) mass is 308 g/mol. The first-order valence-electron chi connectivity index (χ1n) is 7.12. The van der Waals surface area contributed by atoms with Gasteiger partial charge in [-0.15, -0.1) is 11.3 Å². The second-order valence-corrected chi connectivity index (χ2v) is 7.43. The van der Waals surface area contributed by atoms with E-state index in [1.807, 2.05) is 11.8 Å². The van der Waals surface area contributed by atoms with E-state index in [9.17, 15) is 0 Å². The fourth-order valence-corrected chi connectivity index (χ4v) is 4.14. The second-order valence-electron chi connectivity index (χ2n) is 4.97. The number of anilines is 2. The minimum absolute atomic E-state index is 0.773. The van der Waals surface area contributed by atoms with Gasteiger partial charge in [-0.3, -0.25) is 0 Å². The van der Waals surface area contributed by atoms with Gasteiger partial charge < -0.3 is 10.2 Å². The third-order valence-corrected chi connectivity index (χ3v) is 5.23. The highest BCUT2D eigenvalue weighted by Gasteiger charge is 2.18. The van der Waals surface area contributed by atoms with Crippen LogP contribution in [0.15, 0.2) is 6.07 Å². The minimum Gasteiger partial charge on any atom is -0.354 e. The van der Waals surface area contributed by atoms with Crippen molar-refractivity contribution in [1.82, 2.24) is 9.97 Å². The molecule has 4 nitrogen and oxygen atoms in total. The first-order chi connectivity index (χ1) is 9.78. The molecule has 1 N–H and O–H groups in total. The van der Waals surface area contributed by atoms with Crippen LogP contribution in [-0.4, -0.2) is 41.1 Å². The van der Waals surface area contributed by atoms with E-state index >= 15 is 0 Å². The third-order valence-electron chi connectivity index (χ3n) is 3.34. The Morgan fingerprint density at radius 2 is 2.10 bits per heavy atom. The van der Waals surface area contributed by atoms with Crippen molar-refractivity contribution >= 4 is 45.1 Å². The van der Waals surface area contributed by atoms with E-state index < -0.39 is 0 Å². The van der Waals surface area contributed by atoms with Crippen LogP contribution in [0.2, 0.25) is 0 Å². The molecular weight excluding hydrogens is 288 g/mol. The van der Waals surface area contributed by atoms with Gasteiger partial charge in [0.05, 0.1) is 5.39 Å². The highest BCUT2D eigenvalue weighted by Crippen LogP contribution is 2.32. The fraction of sp³-hybridized carbons (Fsp3) is 0.571. The van der Waals surface area contributed by atoms with Crippen molar-refractivity contribution in [2.24, 2.45) is 0 Å². The van der Waals surface area contributed by atoms with E-state index in [0.29, 0.717) is 0 Å². The number of nitrogens with zero attached hydrogens (tertiary/aromatic N) is 3. The summed E-state index contributed by atoms with van der Waals surface area (Å²) in [5, 5.41) is 4.54. The number of hydrogen-bond acceptors (Lipinski definition) is 6. The van der Waals surface area contributed by atoms with E-state index in [0.717, 1.165) is 42.7 Å². The lowest BCUT2D eigenvalue weighted by atomic mass is 10.3. The van der Waals surface area contributed by atoms with Gasteiger partial charge in [0.2, 0.25) is 5.95 Å². The molecule has 1 fully saturated rings. The van der Waals surface area contributed by atoms with Crippen LogP contribution < -0.4 is 10.2 Å². The van der Waals surface area contributed by atoms with Gasteiger partial charge in [0.25, 0.3) is 0 Å². The quantitative estimate of drug-likeness (QED) is 0.938. The summed E-state index contributed by atoms with van der Waals surface area (Å²) in [6.07, 6.45) is 1.08. The molecule has 1 aliphatic heterocycles. The van der Waals surface area contributed by atoms with Crippen molar-refractivity contribution in [2.45, 2.75) is 20.3 Å². The van der Waals surface area contributed by atoms with Crippen LogP contribution in [0, 0.1) is 6.92 Å². The smallest absolute Gasteiger partial charge is 0.226 e. The number of thioether (sulfide) groups is 1. The number of nitrogens with one attached hydrogen (secondary N) is 1. The van der Waals surface area contributed by atoms with Gasteiger partial charge in [-0.05, 0) is 19.4 Å². The molecule has 0 spiro atoms. The maximum atomic E-state index is 4.78. The summed E-state index contributed by atoms with van der Waals surface area (Å²) in [7, 11) is 0. The molecule has 2 aromatic rings. The van der Waals surface area contributed by atoms with Gasteiger partial charge in [0, 0.05) is 36.0 Å². The number of hydrogen-bond donors (Lipinski definition) is 1. The molecule has 0 radical (unpaired) electrons. The van der Waals surface area contributed by atoms with E-state index in [2.05, 4.69) is 35.1 Å². The highest BCUT2D eigenvalue weighted by molar-refractivity contribution is 7.99. The van der Waals surface area contributed by atoms with E-state index in [1.54, 1.807) is 11.3 Å². The van der Waals surface area contributed by atoms with Gasteiger partial charge in [0.15, 0.2) is 0 Å². The van der Waals surface area contributed by atoms with Gasteiger partial charge in [-0.2, -0.15) is 16.7 Å². The summed E-state index contributed by atoms with van der Waals surface area (Å²) < 4.78 is 0. The standard InChI is InChI=1S/C14H20N4S2/c1-3-4-15-14-16-12(18-5-7-19-8-6-18)11-9-10(2)20-13(11)17-14/h9H,3-8H2,1-2H3,(H,15,16,17). The Balaban J connectivity index is 2.01. The topological polar surface area (TPSA) is 41.1 Å². The zero-order chi connectivity index (χ0) is 13.9. The largest absolute Gasteiger partial charge is 0.354 e. The molecule has 108 valence electrons. The normalized spacial score (nSPS) is 15.8. The van der Waals surface area contributed by atoms with Crippen molar-refractivity contribution in [3.8, 4) is 0 Å². The number of thiophene rings is 1. The van der Waals surface area contributed by atoms with Crippen LogP contribution in [0.1, 0.15) is 18.2 Å². The summed E-state index contributed by atoms with van der Waals surface area (Å²) in [6.45, 7) is 7.38. The molecule has 20 heavy (non-hydrogen) atoms. The molecule has 1 aliphatic rings. The SMILES string of the molecule is CCCNc1nc(N2CCSCC2)c2cc(C)sc2n1. The van der Waals surface area contributed by atoms with Crippen LogP contribution in [0.4, 0.5) is 11.8 Å². The predicted octanol–water partition coefficient (Wildman–Crippen LogP) is 3.37. The van der Waals surface area contributed by atoms with Crippen molar-refractivity contribution in [3.05, 3.63) is 10.9 Å². The maximum Gasteiger partial charge on any atom is 0.226 e. The molecule has 0 unspecified atom stereocenters. The molecule has 0 bridgehead atoms. The Labute approximate surface area is 128 Å².